The molecule has 8 aromatic rings. The maximum atomic E-state index is 6.80. The van der Waals surface area contributed by atoms with Crippen LogP contribution in [-0.2, 0) is 0 Å². The third-order valence-corrected chi connectivity index (χ3v) is 7.30. The highest BCUT2D eigenvalue weighted by Crippen LogP contribution is 2.41. The average Bonchev–Trinajstić information content (AvgIpc) is 3.51. The molecule has 0 amide bonds. The number of imidazole rings is 1. The summed E-state index contributed by atoms with van der Waals surface area (Å²) in [6.07, 6.45) is 1.91. The van der Waals surface area contributed by atoms with Crippen molar-refractivity contribution >= 4 is 54.5 Å². The lowest BCUT2D eigenvalue weighted by Crippen LogP contribution is -1.97. The van der Waals surface area contributed by atoms with Gasteiger partial charge >= 0.3 is 0 Å². The van der Waals surface area contributed by atoms with Gasteiger partial charge in [0.25, 0.3) is 0 Å². The fraction of sp³-hybridized carbons (Fsp3) is 0.0303. The maximum Gasteiger partial charge on any atom is 0.149 e. The van der Waals surface area contributed by atoms with Gasteiger partial charge in [-0.25, -0.2) is 4.98 Å². The summed E-state index contributed by atoms with van der Waals surface area (Å²) < 4.78 is 8.98. The molecule has 0 aliphatic rings. The van der Waals surface area contributed by atoms with Crippen LogP contribution in [0.25, 0.3) is 71.6 Å². The third-order valence-electron chi connectivity index (χ3n) is 7.30. The molecule has 37 heavy (non-hydrogen) atoms. The molecule has 0 saturated heterocycles. The van der Waals surface area contributed by atoms with Crippen molar-refractivity contribution in [3.63, 3.8) is 0 Å². The number of nitrogens with zero attached hydrogens (tertiary/aromatic N) is 3. The Hall–Kier alpha value is -4.96. The largest absolute Gasteiger partial charge is 0.455 e. The van der Waals surface area contributed by atoms with Gasteiger partial charge in [0.1, 0.15) is 17.0 Å². The fourth-order valence-corrected chi connectivity index (χ4v) is 5.62. The summed E-state index contributed by atoms with van der Waals surface area (Å²) in [5, 5.41) is 6.92. The normalized spacial score (nSPS) is 11.9. The molecule has 0 saturated carbocycles. The number of benzene rings is 5. The highest BCUT2D eigenvalue weighted by Gasteiger charge is 2.21. The van der Waals surface area contributed by atoms with E-state index in [9.17, 15) is 0 Å². The van der Waals surface area contributed by atoms with Gasteiger partial charge in [-0.1, -0.05) is 72.8 Å². The van der Waals surface area contributed by atoms with Gasteiger partial charge in [-0.3, -0.25) is 9.55 Å². The lowest BCUT2D eigenvalue weighted by atomic mass is 9.99. The fourth-order valence-electron chi connectivity index (χ4n) is 5.62. The van der Waals surface area contributed by atoms with E-state index in [1.54, 1.807) is 0 Å². The summed E-state index contributed by atoms with van der Waals surface area (Å²) in [7, 11) is 0. The Morgan fingerprint density at radius 3 is 2.35 bits per heavy atom. The summed E-state index contributed by atoms with van der Waals surface area (Å²) in [4.78, 5) is 9.69. The molecule has 0 radical (unpaired) electrons. The van der Waals surface area contributed by atoms with Gasteiger partial charge in [0.05, 0.1) is 22.8 Å². The molecule has 0 unspecified atom stereocenters. The van der Waals surface area contributed by atoms with Gasteiger partial charge < -0.3 is 4.42 Å². The monoisotopic (exact) mass is 475 g/mol. The van der Waals surface area contributed by atoms with Gasteiger partial charge in [0.15, 0.2) is 0 Å². The lowest BCUT2D eigenvalue weighted by Gasteiger charge is -2.09. The quantitative estimate of drug-likeness (QED) is 0.235. The van der Waals surface area contributed by atoms with Crippen molar-refractivity contribution in [3.8, 4) is 17.1 Å². The maximum absolute atomic E-state index is 6.80. The number of aromatic nitrogens is 3. The molecular formula is C33H21N3O. The Kier molecular flexibility index (Phi) is 4.12. The summed E-state index contributed by atoms with van der Waals surface area (Å²) in [6.45, 7) is 2.00. The van der Waals surface area contributed by atoms with Crippen LogP contribution in [0.5, 0.6) is 0 Å². The first-order chi connectivity index (χ1) is 18.3. The van der Waals surface area contributed by atoms with E-state index in [2.05, 4.69) is 88.4 Å². The number of aryl methyl sites for hydroxylation is 1. The van der Waals surface area contributed by atoms with Crippen LogP contribution in [0.15, 0.2) is 114 Å². The van der Waals surface area contributed by atoms with Crippen molar-refractivity contribution in [2.75, 3.05) is 0 Å². The van der Waals surface area contributed by atoms with E-state index in [1.807, 2.05) is 37.4 Å². The minimum Gasteiger partial charge on any atom is -0.455 e. The number of para-hydroxylation sites is 2. The molecule has 3 heterocycles. The van der Waals surface area contributed by atoms with Crippen LogP contribution in [0.1, 0.15) is 5.69 Å². The molecule has 0 aliphatic heterocycles. The number of rotatable bonds is 2. The summed E-state index contributed by atoms with van der Waals surface area (Å²) >= 11 is 0. The molecule has 0 fully saturated rings. The minimum absolute atomic E-state index is 0.840. The summed E-state index contributed by atoms with van der Waals surface area (Å²) in [6, 6.07) is 35.9. The lowest BCUT2D eigenvalue weighted by molar-refractivity contribution is 0.673. The Bertz CT molecular complexity index is 2150. The SMILES string of the molecule is Cc1cc2nc(-c3cccc4c3oc3c4ccc4ccc5ccccc5c43)n(-c3ccccc3)c2cn1. The van der Waals surface area contributed by atoms with Gasteiger partial charge in [-0.15, -0.1) is 0 Å². The zero-order chi connectivity index (χ0) is 24.5. The van der Waals surface area contributed by atoms with Crippen LogP contribution in [0.3, 0.4) is 0 Å². The Labute approximate surface area is 212 Å². The predicted octanol–water partition coefficient (Wildman–Crippen LogP) is 8.60. The van der Waals surface area contributed by atoms with Crippen molar-refractivity contribution in [2.24, 2.45) is 0 Å². The molecule has 174 valence electrons. The predicted molar refractivity (Wildman–Crippen MR) is 151 cm³/mol. The zero-order valence-corrected chi connectivity index (χ0v) is 20.1. The number of furan rings is 1. The second kappa shape index (κ2) is 7.52. The first-order valence-corrected chi connectivity index (χ1v) is 12.4. The molecule has 0 bridgehead atoms. The van der Waals surface area contributed by atoms with Crippen LogP contribution in [0.4, 0.5) is 0 Å². The van der Waals surface area contributed by atoms with Crippen molar-refractivity contribution in [1.82, 2.24) is 14.5 Å². The second-order valence-corrected chi connectivity index (χ2v) is 9.53. The van der Waals surface area contributed by atoms with Crippen LogP contribution in [-0.4, -0.2) is 14.5 Å². The third kappa shape index (κ3) is 2.90. The highest BCUT2D eigenvalue weighted by molar-refractivity contribution is 6.23. The molecule has 8 rings (SSSR count). The molecule has 0 spiro atoms. The van der Waals surface area contributed by atoms with Crippen molar-refractivity contribution in [2.45, 2.75) is 6.92 Å². The van der Waals surface area contributed by atoms with Crippen LogP contribution in [0, 0.1) is 6.92 Å². The molecule has 0 atom stereocenters. The van der Waals surface area contributed by atoms with Gasteiger partial charge in [0, 0.05) is 27.5 Å². The van der Waals surface area contributed by atoms with E-state index in [0.717, 1.165) is 61.1 Å². The van der Waals surface area contributed by atoms with E-state index >= 15 is 0 Å². The highest BCUT2D eigenvalue weighted by atomic mass is 16.3. The molecular weight excluding hydrogens is 454 g/mol. The topological polar surface area (TPSA) is 43.9 Å². The van der Waals surface area contributed by atoms with E-state index in [-0.39, 0.29) is 0 Å². The smallest absolute Gasteiger partial charge is 0.149 e. The van der Waals surface area contributed by atoms with E-state index in [0.29, 0.717) is 0 Å². The Balaban J connectivity index is 1.51. The zero-order valence-electron chi connectivity index (χ0n) is 20.1. The molecule has 5 aromatic carbocycles. The van der Waals surface area contributed by atoms with E-state index < -0.39 is 0 Å². The van der Waals surface area contributed by atoms with Crippen molar-refractivity contribution in [3.05, 3.63) is 115 Å². The molecule has 4 heteroatoms. The van der Waals surface area contributed by atoms with Gasteiger partial charge in [-0.05, 0) is 53.4 Å². The van der Waals surface area contributed by atoms with Crippen LogP contribution >= 0.6 is 0 Å². The van der Waals surface area contributed by atoms with Crippen molar-refractivity contribution in [1.29, 1.82) is 0 Å². The molecule has 0 aliphatic carbocycles. The summed E-state index contributed by atoms with van der Waals surface area (Å²) in [5.41, 5.74) is 6.58. The Morgan fingerprint density at radius 1 is 0.676 bits per heavy atom. The number of fused-ring (bicyclic) bond motifs is 8. The van der Waals surface area contributed by atoms with Crippen molar-refractivity contribution < 1.29 is 4.42 Å². The van der Waals surface area contributed by atoms with Gasteiger partial charge in [0.2, 0.25) is 0 Å². The molecule has 0 N–H and O–H groups in total. The second-order valence-electron chi connectivity index (χ2n) is 9.53. The van der Waals surface area contributed by atoms with Crippen LogP contribution in [0.2, 0.25) is 0 Å². The molecule has 3 aromatic heterocycles. The number of hydrogen-bond donors (Lipinski definition) is 0. The molecule has 4 nitrogen and oxygen atoms in total. The first kappa shape index (κ1) is 20.3. The van der Waals surface area contributed by atoms with Crippen LogP contribution < -0.4 is 0 Å². The first-order valence-electron chi connectivity index (χ1n) is 12.4. The standard InChI is InChI=1S/C33H21N3O/c1-20-18-28-29(19-34-20)36(23-9-3-2-4-10-23)33(35-28)27-13-7-12-25-26-17-16-22-15-14-21-8-5-6-11-24(21)30(22)32(26)37-31(25)27/h2-19H,1H3. The minimum atomic E-state index is 0.840. The number of pyridine rings is 1. The number of hydrogen-bond acceptors (Lipinski definition) is 3. The van der Waals surface area contributed by atoms with Gasteiger partial charge in [-0.2, -0.15) is 0 Å². The average molecular weight is 476 g/mol. The summed E-state index contributed by atoms with van der Waals surface area (Å²) in [5.74, 6) is 0.840. The van der Waals surface area contributed by atoms with E-state index in [1.165, 1.54) is 16.2 Å². The Morgan fingerprint density at radius 2 is 1.43 bits per heavy atom. The van der Waals surface area contributed by atoms with E-state index in [4.69, 9.17) is 9.40 Å².